The number of thiol groups is 1. The molecule has 1 aromatic rings. The van der Waals surface area contributed by atoms with Crippen LogP contribution in [0.2, 0.25) is 0 Å². The van der Waals surface area contributed by atoms with E-state index in [2.05, 4.69) is 17.9 Å². The van der Waals surface area contributed by atoms with Crippen molar-refractivity contribution in [2.75, 3.05) is 0 Å². The normalized spacial score (nSPS) is 6.00. The summed E-state index contributed by atoms with van der Waals surface area (Å²) in [7, 11) is 0. The first-order valence-electron chi connectivity index (χ1n) is 2.05. The zero-order valence-corrected chi connectivity index (χ0v) is 11.3. The molecule has 1 heterocycles. The number of aromatic nitrogens is 1. The van der Waals surface area contributed by atoms with Gasteiger partial charge in [-0.15, -0.1) is 0 Å². The Kier molecular flexibility index (Phi) is 15.0. The number of hydrogen-bond acceptors (Lipinski definition) is 3. The Morgan fingerprint density at radius 2 is 1.44 bits per heavy atom. The molecule has 0 aliphatic rings. The number of pyridine rings is 1. The van der Waals surface area contributed by atoms with E-state index in [1.165, 1.54) is 0 Å². The Bertz CT molecular complexity index is 88.9. The van der Waals surface area contributed by atoms with Crippen molar-refractivity contribution in [1.29, 1.82) is 0 Å². The van der Waals surface area contributed by atoms with E-state index < -0.39 is 0 Å². The Balaban J connectivity index is 0. The van der Waals surface area contributed by atoms with Crippen molar-refractivity contribution in [2.45, 2.75) is 0 Å². The Morgan fingerprint density at radius 1 is 1.00 bits per heavy atom. The molecule has 0 unspecified atom stereocenters. The van der Waals surface area contributed by atoms with Gasteiger partial charge in [-0.2, -0.15) is 0 Å². The average molecular weight is 341 g/mol. The number of hydrogen-bond donors (Lipinski definition) is 2. The van der Waals surface area contributed by atoms with E-state index in [1.54, 1.807) is 12.4 Å². The first-order valence-corrected chi connectivity index (χ1v) is 2.45. The molecule has 0 atom stereocenters. The monoisotopic (exact) mass is 341 g/mol. The molecule has 0 amide bonds. The van der Waals surface area contributed by atoms with Crippen LogP contribution in [0.4, 0.5) is 0 Å². The van der Waals surface area contributed by atoms with Crippen LogP contribution >= 0.6 is 12.9 Å². The van der Waals surface area contributed by atoms with E-state index in [0.717, 1.165) is 0 Å². The molecule has 0 aliphatic carbocycles. The summed E-state index contributed by atoms with van der Waals surface area (Å²) >= 11 is 2.53. The molecule has 9 heavy (non-hydrogen) atoms. The number of rotatable bonds is 0. The Morgan fingerprint density at radius 3 is 1.56 bits per heavy atom. The van der Waals surface area contributed by atoms with E-state index in [9.17, 15) is 0 Å². The van der Waals surface area contributed by atoms with Gasteiger partial charge in [-0.1, -0.05) is 6.07 Å². The van der Waals surface area contributed by atoms with Crippen molar-refractivity contribution in [3.05, 3.63) is 30.6 Å². The largest absolute Gasteiger partial charge is 0.265 e. The van der Waals surface area contributed by atoms with Gasteiger partial charge in [0, 0.05) is 12.4 Å². The first-order chi connectivity index (χ1) is 4.00. The molecule has 1 rings (SSSR count). The van der Waals surface area contributed by atoms with Crippen molar-refractivity contribution in [3.8, 4) is 0 Å². The van der Waals surface area contributed by atoms with Crippen LogP contribution in [-0.4, -0.2) is 35.7 Å². The SMILES string of the molecule is OS.[BiH3].c1ccncc1. The summed E-state index contributed by atoms with van der Waals surface area (Å²) in [5, 5.41) is 0. The minimum atomic E-state index is 0. The fourth-order valence-electron chi connectivity index (χ4n) is 0.313. The van der Waals surface area contributed by atoms with E-state index in [4.69, 9.17) is 4.55 Å². The maximum absolute atomic E-state index is 6.69. The zero-order chi connectivity index (χ0) is 6.24. The van der Waals surface area contributed by atoms with Crippen molar-refractivity contribution in [2.24, 2.45) is 0 Å². The van der Waals surface area contributed by atoms with Crippen LogP contribution in [-0.2, 0) is 0 Å². The fraction of sp³-hybridized carbons (Fsp3) is 0. The molecular weight excluding hydrogens is 331 g/mol. The average Bonchev–Trinajstić information content (AvgIpc) is 1.96. The van der Waals surface area contributed by atoms with Crippen LogP contribution in [0.5, 0.6) is 0 Å². The fourth-order valence-corrected chi connectivity index (χ4v) is 0.313. The van der Waals surface area contributed by atoms with Crippen LogP contribution in [0, 0.1) is 0 Å². The molecule has 0 radical (unpaired) electrons. The smallest absolute Gasteiger partial charge is 0.0267 e. The topological polar surface area (TPSA) is 33.1 Å². The molecule has 0 spiro atoms. The molecule has 0 aromatic carbocycles. The van der Waals surface area contributed by atoms with Gasteiger partial charge in [-0.3, -0.25) is 4.98 Å². The summed E-state index contributed by atoms with van der Waals surface area (Å²) in [6.45, 7) is 0. The van der Waals surface area contributed by atoms with Gasteiger partial charge in [-0.25, -0.2) is 0 Å². The standard InChI is InChI=1S/C5H5N.Bi.H2OS.3H/c1-2-4-6-5-3-1;;1-2;;;/h1-5H;;1-2H;;;. The van der Waals surface area contributed by atoms with Crippen LogP contribution in [0.25, 0.3) is 0 Å². The molecule has 0 aliphatic heterocycles. The summed E-state index contributed by atoms with van der Waals surface area (Å²) in [5.74, 6) is 0. The molecule has 1 N–H and O–H groups in total. The second-order valence-electron chi connectivity index (χ2n) is 1.02. The van der Waals surface area contributed by atoms with Gasteiger partial charge in [-0.05, 0) is 25.0 Å². The van der Waals surface area contributed by atoms with Crippen molar-refractivity contribution in [3.63, 3.8) is 0 Å². The zero-order valence-electron chi connectivity index (χ0n) is 4.94. The Hall–Kier alpha value is 0.343. The third-order valence-electron chi connectivity index (χ3n) is 0.566. The maximum atomic E-state index is 6.69. The summed E-state index contributed by atoms with van der Waals surface area (Å²) in [6, 6.07) is 5.72. The molecule has 0 bridgehead atoms. The molecule has 4 heteroatoms. The van der Waals surface area contributed by atoms with Crippen LogP contribution < -0.4 is 0 Å². The second kappa shape index (κ2) is 11.2. The molecule has 0 saturated carbocycles. The predicted octanol–water partition coefficient (Wildman–Crippen LogP) is 0.287. The van der Waals surface area contributed by atoms with Crippen LogP contribution in [0.1, 0.15) is 0 Å². The molecule has 0 fully saturated rings. The van der Waals surface area contributed by atoms with Crippen molar-refractivity contribution >= 4 is 39.1 Å². The van der Waals surface area contributed by atoms with Gasteiger partial charge in [0.15, 0.2) is 0 Å². The third-order valence-corrected chi connectivity index (χ3v) is 0.566. The Labute approximate surface area is 79.1 Å². The minimum absolute atomic E-state index is 0. The van der Waals surface area contributed by atoms with Gasteiger partial charge >= 0.3 is 26.2 Å². The molecule has 52 valence electrons. The summed E-state index contributed by atoms with van der Waals surface area (Å²) in [5.41, 5.74) is 0. The van der Waals surface area contributed by atoms with Gasteiger partial charge in [0.25, 0.3) is 0 Å². The molecule has 2 nitrogen and oxygen atoms in total. The first kappa shape index (κ1) is 12.1. The van der Waals surface area contributed by atoms with Crippen LogP contribution in [0.15, 0.2) is 30.6 Å². The maximum Gasteiger partial charge on any atom is 0.0267 e. The third kappa shape index (κ3) is 8.34. The molecule has 0 saturated heterocycles. The van der Waals surface area contributed by atoms with Gasteiger partial charge in [0.05, 0.1) is 0 Å². The van der Waals surface area contributed by atoms with Crippen LogP contribution in [0.3, 0.4) is 0 Å². The quantitative estimate of drug-likeness (QED) is 0.404. The van der Waals surface area contributed by atoms with Gasteiger partial charge in [0.2, 0.25) is 0 Å². The summed E-state index contributed by atoms with van der Waals surface area (Å²) in [4.78, 5) is 3.78. The van der Waals surface area contributed by atoms with E-state index >= 15 is 0 Å². The number of nitrogens with zero attached hydrogens (tertiary/aromatic N) is 1. The second-order valence-corrected chi connectivity index (χ2v) is 1.02. The van der Waals surface area contributed by atoms with Gasteiger partial charge in [0.1, 0.15) is 0 Å². The molecular formula is C5H10BiNOS. The van der Waals surface area contributed by atoms with Crippen molar-refractivity contribution < 1.29 is 4.55 Å². The summed E-state index contributed by atoms with van der Waals surface area (Å²) < 4.78 is 6.69. The predicted molar refractivity (Wildman–Crippen MR) is 45.8 cm³/mol. The molecule has 1 aromatic heterocycles. The van der Waals surface area contributed by atoms with Crippen molar-refractivity contribution in [1.82, 2.24) is 4.98 Å². The van der Waals surface area contributed by atoms with Gasteiger partial charge < -0.3 is 4.55 Å². The summed E-state index contributed by atoms with van der Waals surface area (Å²) in [6.07, 6.45) is 3.50. The van der Waals surface area contributed by atoms with E-state index in [0.29, 0.717) is 0 Å². The van der Waals surface area contributed by atoms with E-state index in [-0.39, 0.29) is 26.2 Å². The van der Waals surface area contributed by atoms with E-state index in [1.807, 2.05) is 18.2 Å². The minimum Gasteiger partial charge on any atom is -0.265 e.